The Balaban J connectivity index is 1.69. The number of hydrogen-bond acceptors (Lipinski definition) is 4. The fourth-order valence-corrected chi connectivity index (χ4v) is 3.17. The van der Waals surface area contributed by atoms with E-state index < -0.39 is 0 Å². The second-order valence-electron chi connectivity index (χ2n) is 6.33. The summed E-state index contributed by atoms with van der Waals surface area (Å²) in [7, 11) is 0. The minimum Gasteiger partial charge on any atom is -0.348 e. The van der Waals surface area contributed by atoms with E-state index in [1.807, 2.05) is 0 Å². The second-order valence-corrected chi connectivity index (χ2v) is 6.33. The third-order valence-electron chi connectivity index (χ3n) is 4.57. The first-order valence-corrected chi connectivity index (χ1v) is 8.65. The molecule has 2 N–H and O–H groups in total. The van der Waals surface area contributed by atoms with E-state index in [2.05, 4.69) is 52.6 Å². The van der Waals surface area contributed by atoms with Crippen LogP contribution < -0.4 is 10.6 Å². The Morgan fingerprint density at radius 2 is 2.00 bits per heavy atom. The van der Waals surface area contributed by atoms with E-state index in [1.165, 1.54) is 30.2 Å². The highest BCUT2D eigenvalue weighted by atomic mass is 16.1. The van der Waals surface area contributed by atoms with Crippen molar-refractivity contribution in [2.24, 2.45) is 0 Å². The molecule has 0 saturated heterocycles. The summed E-state index contributed by atoms with van der Waals surface area (Å²) >= 11 is 0. The van der Waals surface area contributed by atoms with Crippen molar-refractivity contribution in [2.75, 3.05) is 5.32 Å². The van der Waals surface area contributed by atoms with Crippen LogP contribution in [0.3, 0.4) is 0 Å². The van der Waals surface area contributed by atoms with E-state index in [4.69, 9.17) is 0 Å². The highest BCUT2D eigenvalue weighted by Crippen LogP contribution is 2.24. The monoisotopic (exact) mass is 324 g/mol. The molecule has 1 aromatic heterocycles. The number of amides is 1. The number of aromatic nitrogens is 2. The Labute approximate surface area is 142 Å². The Bertz CT molecular complexity index is 706. The third kappa shape index (κ3) is 3.72. The number of nitrogens with one attached hydrogen (secondary N) is 2. The van der Waals surface area contributed by atoms with Crippen LogP contribution in [0, 0.1) is 6.92 Å². The van der Waals surface area contributed by atoms with Gasteiger partial charge in [-0.1, -0.05) is 38.0 Å². The summed E-state index contributed by atoms with van der Waals surface area (Å²) in [5.41, 5.74) is 3.84. The molecule has 1 saturated carbocycles. The van der Waals surface area contributed by atoms with Gasteiger partial charge >= 0.3 is 0 Å². The molecular weight excluding hydrogens is 300 g/mol. The average Bonchev–Trinajstić information content (AvgIpc) is 3.10. The molecule has 0 radical (unpaired) electrons. The quantitative estimate of drug-likeness (QED) is 0.879. The van der Waals surface area contributed by atoms with Crippen LogP contribution in [0.15, 0.2) is 30.6 Å². The zero-order valence-electron chi connectivity index (χ0n) is 14.3. The molecule has 1 aliphatic carbocycles. The van der Waals surface area contributed by atoms with Crippen LogP contribution in [0.4, 0.5) is 11.5 Å². The maximum Gasteiger partial charge on any atom is 0.271 e. The molecule has 1 amide bonds. The standard InChI is InChI=1S/C19H24N4O/c1-3-14-8-6-7-13(2)18(14)23-17-12-20-16(11-21-17)19(24)22-15-9-4-5-10-15/h6-8,11-12,15H,3-5,9-10H2,1-2H3,(H,21,23)(H,22,24). The fourth-order valence-electron chi connectivity index (χ4n) is 3.17. The van der Waals surface area contributed by atoms with E-state index in [1.54, 1.807) is 6.20 Å². The van der Waals surface area contributed by atoms with Crippen molar-refractivity contribution in [3.63, 3.8) is 0 Å². The molecule has 0 atom stereocenters. The largest absolute Gasteiger partial charge is 0.348 e. The molecule has 3 rings (SSSR count). The van der Waals surface area contributed by atoms with E-state index in [0.717, 1.165) is 24.9 Å². The molecule has 0 bridgehead atoms. The van der Waals surface area contributed by atoms with Crippen molar-refractivity contribution < 1.29 is 4.79 Å². The van der Waals surface area contributed by atoms with Gasteiger partial charge in [0, 0.05) is 11.7 Å². The van der Waals surface area contributed by atoms with Gasteiger partial charge in [0.25, 0.3) is 5.91 Å². The maximum absolute atomic E-state index is 12.2. The zero-order valence-corrected chi connectivity index (χ0v) is 14.3. The van der Waals surface area contributed by atoms with Gasteiger partial charge < -0.3 is 10.6 Å². The van der Waals surface area contributed by atoms with Crippen LogP contribution in [0.5, 0.6) is 0 Å². The smallest absolute Gasteiger partial charge is 0.271 e. The normalized spacial score (nSPS) is 14.6. The zero-order chi connectivity index (χ0) is 16.9. The van der Waals surface area contributed by atoms with Gasteiger partial charge in [0.2, 0.25) is 0 Å². The highest BCUT2D eigenvalue weighted by molar-refractivity contribution is 5.92. The Kier molecular flexibility index (Phi) is 5.08. The van der Waals surface area contributed by atoms with E-state index in [-0.39, 0.29) is 11.9 Å². The van der Waals surface area contributed by atoms with Crippen LogP contribution >= 0.6 is 0 Å². The van der Waals surface area contributed by atoms with Gasteiger partial charge in [-0.25, -0.2) is 9.97 Å². The number of benzene rings is 1. The number of aryl methyl sites for hydroxylation is 2. The topological polar surface area (TPSA) is 66.9 Å². The van der Waals surface area contributed by atoms with Crippen molar-refractivity contribution >= 4 is 17.4 Å². The molecule has 1 aromatic carbocycles. The summed E-state index contributed by atoms with van der Waals surface area (Å²) in [5, 5.41) is 6.36. The molecule has 0 aliphatic heterocycles. The molecule has 24 heavy (non-hydrogen) atoms. The van der Waals surface area contributed by atoms with Crippen molar-refractivity contribution in [2.45, 2.75) is 52.0 Å². The molecule has 126 valence electrons. The number of para-hydroxylation sites is 1. The summed E-state index contributed by atoms with van der Waals surface area (Å²) in [6, 6.07) is 6.52. The molecule has 2 aromatic rings. The van der Waals surface area contributed by atoms with Gasteiger partial charge in [0.05, 0.1) is 12.4 Å². The number of carbonyl (C=O) groups excluding carboxylic acids is 1. The summed E-state index contributed by atoms with van der Waals surface area (Å²) in [6.07, 6.45) is 8.61. The third-order valence-corrected chi connectivity index (χ3v) is 4.57. The Morgan fingerprint density at radius 3 is 2.67 bits per heavy atom. The SMILES string of the molecule is CCc1cccc(C)c1Nc1cnc(C(=O)NC2CCCC2)cn1. The summed E-state index contributed by atoms with van der Waals surface area (Å²) < 4.78 is 0. The fraction of sp³-hybridized carbons (Fsp3) is 0.421. The molecule has 0 spiro atoms. The van der Waals surface area contributed by atoms with Crippen LogP contribution in [0.2, 0.25) is 0 Å². The first kappa shape index (κ1) is 16.4. The summed E-state index contributed by atoms with van der Waals surface area (Å²) in [4.78, 5) is 20.8. The minimum absolute atomic E-state index is 0.133. The van der Waals surface area contributed by atoms with Crippen molar-refractivity contribution in [3.05, 3.63) is 47.4 Å². The molecular formula is C19H24N4O. The maximum atomic E-state index is 12.2. The van der Waals surface area contributed by atoms with Gasteiger partial charge in [0.1, 0.15) is 11.5 Å². The predicted molar refractivity (Wildman–Crippen MR) is 95.6 cm³/mol. The van der Waals surface area contributed by atoms with Crippen molar-refractivity contribution in [1.29, 1.82) is 0 Å². The lowest BCUT2D eigenvalue weighted by Gasteiger charge is -2.14. The molecule has 5 heteroatoms. The average molecular weight is 324 g/mol. The highest BCUT2D eigenvalue weighted by Gasteiger charge is 2.18. The first-order valence-electron chi connectivity index (χ1n) is 8.65. The number of anilines is 2. The summed E-state index contributed by atoms with van der Waals surface area (Å²) in [6.45, 7) is 4.19. The van der Waals surface area contributed by atoms with Gasteiger partial charge in [-0.05, 0) is 37.3 Å². The Hall–Kier alpha value is -2.43. The lowest BCUT2D eigenvalue weighted by molar-refractivity contribution is 0.0932. The number of rotatable bonds is 5. The van der Waals surface area contributed by atoms with E-state index >= 15 is 0 Å². The van der Waals surface area contributed by atoms with Crippen molar-refractivity contribution in [1.82, 2.24) is 15.3 Å². The number of hydrogen-bond donors (Lipinski definition) is 2. The van der Waals surface area contributed by atoms with Crippen LogP contribution in [0.25, 0.3) is 0 Å². The molecule has 1 aliphatic rings. The number of carbonyl (C=O) groups is 1. The molecule has 1 heterocycles. The van der Waals surface area contributed by atoms with Crippen LogP contribution in [0.1, 0.15) is 54.2 Å². The Morgan fingerprint density at radius 1 is 1.21 bits per heavy atom. The second kappa shape index (κ2) is 7.43. The molecule has 0 unspecified atom stereocenters. The predicted octanol–water partition coefficient (Wildman–Crippen LogP) is 3.76. The van der Waals surface area contributed by atoms with Gasteiger partial charge in [-0.2, -0.15) is 0 Å². The van der Waals surface area contributed by atoms with E-state index in [0.29, 0.717) is 11.5 Å². The minimum atomic E-state index is -0.133. The summed E-state index contributed by atoms with van der Waals surface area (Å²) in [5.74, 6) is 0.516. The van der Waals surface area contributed by atoms with Crippen LogP contribution in [-0.2, 0) is 6.42 Å². The lowest BCUT2D eigenvalue weighted by atomic mass is 10.1. The molecule has 5 nitrogen and oxygen atoms in total. The first-order chi connectivity index (χ1) is 11.7. The van der Waals surface area contributed by atoms with Crippen molar-refractivity contribution in [3.8, 4) is 0 Å². The van der Waals surface area contributed by atoms with Crippen LogP contribution in [-0.4, -0.2) is 21.9 Å². The van der Waals surface area contributed by atoms with Gasteiger partial charge in [-0.15, -0.1) is 0 Å². The van der Waals surface area contributed by atoms with Gasteiger partial charge in [-0.3, -0.25) is 4.79 Å². The number of nitrogens with zero attached hydrogens (tertiary/aromatic N) is 2. The molecule has 1 fully saturated rings. The lowest BCUT2D eigenvalue weighted by Crippen LogP contribution is -2.33. The van der Waals surface area contributed by atoms with Gasteiger partial charge in [0.15, 0.2) is 0 Å². The van der Waals surface area contributed by atoms with E-state index in [9.17, 15) is 4.79 Å².